The second-order valence-corrected chi connectivity index (χ2v) is 9.86. The number of thioether (sulfide) groups is 1. The first kappa shape index (κ1) is 31.5. The summed E-state index contributed by atoms with van der Waals surface area (Å²) in [4.78, 5) is 28.7. The molecule has 0 unspecified atom stereocenters. The third-order valence-corrected chi connectivity index (χ3v) is 6.76. The molecule has 226 valence electrons. The third kappa shape index (κ3) is 7.89. The molecule has 4 rings (SSSR count). The molecule has 0 bridgehead atoms. The van der Waals surface area contributed by atoms with E-state index in [-0.39, 0.29) is 34.2 Å². The van der Waals surface area contributed by atoms with Gasteiger partial charge in [0.1, 0.15) is 6.61 Å². The van der Waals surface area contributed by atoms with Crippen LogP contribution in [0, 0.1) is 0 Å². The number of hydrogen-bond donors (Lipinski definition) is 1. The van der Waals surface area contributed by atoms with Crippen LogP contribution < -0.4 is 14.8 Å². The molecule has 0 aromatic heterocycles. The molecular weight excluding hydrogens is 602 g/mol. The van der Waals surface area contributed by atoms with E-state index in [0.29, 0.717) is 22.9 Å². The van der Waals surface area contributed by atoms with E-state index in [9.17, 15) is 35.9 Å². The first-order chi connectivity index (χ1) is 20.3. The number of halogens is 6. The summed E-state index contributed by atoms with van der Waals surface area (Å²) in [6, 6.07) is 12.2. The van der Waals surface area contributed by atoms with Gasteiger partial charge in [-0.3, -0.25) is 4.79 Å². The molecule has 0 aliphatic carbocycles. The number of esters is 1. The summed E-state index contributed by atoms with van der Waals surface area (Å²) in [5.74, 6) is -0.885. The predicted molar refractivity (Wildman–Crippen MR) is 148 cm³/mol. The molecule has 1 aliphatic rings. The monoisotopic (exact) mass is 624 g/mol. The van der Waals surface area contributed by atoms with Crippen LogP contribution in [0.25, 0.3) is 6.08 Å². The number of carbonyl (C=O) groups excluding carboxylic acids is 2. The maximum absolute atomic E-state index is 13.5. The molecule has 0 saturated carbocycles. The number of ether oxygens (including phenoxy) is 3. The Balaban J connectivity index is 1.47. The summed E-state index contributed by atoms with van der Waals surface area (Å²) in [5.41, 5.74) is -2.07. The number of amides is 1. The van der Waals surface area contributed by atoms with Crippen LogP contribution in [0.3, 0.4) is 0 Å². The van der Waals surface area contributed by atoms with Gasteiger partial charge >= 0.3 is 18.3 Å². The van der Waals surface area contributed by atoms with Crippen molar-refractivity contribution in [2.24, 2.45) is 4.99 Å². The summed E-state index contributed by atoms with van der Waals surface area (Å²) in [6.45, 7) is 1.23. The standard InChI is InChI=1S/C29H22F6N2O5S/c1-3-41-26(39)17-5-4-6-20(13-17)36-27-37-25(38)24(43-27)12-16-7-10-22(23(11-16)40-2)42-15-18-8-9-19(28(30,31)32)14-21(18)29(33,34)35/h4-14H,3,15H2,1-2H3,(H,36,37,38)/b24-12+. The molecule has 1 N–H and O–H groups in total. The molecule has 1 heterocycles. The number of nitrogens with zero attached hydrogens (tertiary/aromatic N) is 1. The summed E-state index contributed by atoms with van der Waals surface area (Å²) in [7, 11) is 1.30. The molecule has 43 heavy (non-hydrogen) atoms. The molecule has 3 aromatic carbocycles. The van der Waals surface area contributed by atoms with Gasteiger partial charge in [-0.25, -0.2) is 4.79 Å². The molecule has 14 heteroatoms. The summed E-state index contributed by atoms with van der Waals surface area (Å²) < 4.78 is 95.1. The number of anilines is 1. The minimum atomic E-state index is -5.04. The van der Waals surface area contributed by atoms with Gasteiger partial charge in [-0.15, -0.1) is 0 Å². The molecule has 0 fully saturated rings. The number of benzene rings is 3. The highest BCUT2D eigenvalue weighted by molar-refractivity contribution is 8.18. The highest BCUT2D eigenvalue weighted by Crippen LogP contribution is 2.39. The van der Waals surface area contributed by atoms with E-state index in [2.05, 4.69) is 10.3 Å². The van der Waals surface area contributed by atoms with E-state index in [0.717, 1.165) is 17.8 Å². The number of amidine groups is 1. The topological polar surface area (TPSA) is 86.2 Å². The van der Waals surface area contributed by atoms with Gasteiger partial charge in [0.25, 0.3) is 5.91 Å². The highest BCUT2D eigenvalue weighted by atomic mass is 32.2. The lowest BCUT2D eigenvalue weighted by Crippen LogP contribution is -2.14. The molecule has 7 nitrogen and oxygen atoms in total. The average Bonchev–Trinajstić information content (AvgIpc) is 3.29. The Hall–Kier alpha value is -4.46. The zero-order valence-corrected chi connectivity index (χ0v) is 23.2. The van der Waals surface area contributed by atoms with Crippen molar-refractivity contribution in [3.05, 3.63) is 93.4 Å². The third-order valence-electron chi connectivity index (χ3n) is 5.86. The first-order valence-electron chi connectivity index (χ1n) is 12.4. The first-order valence-corrected chi connectivity index (χ1v) is 13.2. The Labute approximate surface area is 245 Å². The van der Waals surface area contributed by atoms with Crippen molar-refractivity contribution >= 4 is 40.6 Å². The van der Waals surface area contributed by atoms with Crippen LogP contribution in [-0.4, -0.2) is 30.8 Å². The van der Waals surface area contributed by atoms with Gasteiger partial charge in [0, 0.05) is 11.3 Å². The van der Waals surface area contributed by atoms with Gasteiger partial charge in [0.05, 0.1) is 35.3 Å². The molecular formula is C29H22F6N2O5S. The van der Waals surface area contributed by atoms with E-state index in [1.54, 1.807) is 31.2 Å². The van der Waals surface area contributed by atoms with Crippen LogP contribution in [0.1, 0.15) is 39.5 Å². The zero-order valence-electron chi connectivity index (χ0n) is 22.4. The number of hydrogen-bond acceptors (Lipinski definition) is 7. The Kier molecular flexibility index (Phi) is 9.38. The van der Waals surface area contributed by atoms with Crippen LogP contribution >= 0.6 is 11.8 Å². The quantitative estimate of drug-likeness (QED) is 0.157. The predicted octanol–water partition coefficient (Wildman–Crippen LogP) is 7.57. The van der Waals surface area contributed by atoms with Crippen LogP contribution in [0.15, 0.2) is 70.6 Å². The smallest absolute Gasteiger partial charge is 0.416 e. The van der Waals surface area contributed by atoms with Crippen molar-refractivity contribution in [3.8, 4) is 11.5 Å². The van der Waals surface area contributed by atoms with Crippen LogP contribution in [0.5, 0.6) is 11.5 Å². The van der Waals surface area contributed by atoms with Crippen molar-refractivity contribution < 1.29 is 50.1 Å². The molecule has 3 aromatic rings. The Morgan fingerprint density at radius 3 is 2.42 bits per heavy atom. The zero-order chi connectivity index (χ0) is 31.4. The number of alkyl halides is 6. The van der Waals surface area contributed by atoms with E-state index in [4.69, 9.17) is 14.2 Å². The minimum absolute atomic E-state index is 0.0307. The van der Waals surface area contributed by atoms with Gasteiger partial charge in [0.2, 0.25) is 0 Å². The number of methoxy groups -OCH3 is 1. The van der Waals surface area contributed by atoms with E-state index >= 15 is 0 Å². The average molecular weight is 625 g/mol. The van der Waals surface area contributed by atoms with Crippen molar-refractivity contribution in [1.29, 1.82) is 0 Å². The second kappa shape index (κ2) is 12.8. The van der Waals surface area contributed by atoms with E-state index < -0.39 is 47.5 Å². The molecule has 1 amide bonds. The van der Waals surface area contributed by atoms with Crippen molar-refractivity contribution in [2.45, 2.75) is 25.9 Å². The number of rotatable bonds is 8. The van der Waals surface area contributed by atoms with Crippen molar-refractivity contribution in [2.75, 3.05) is 19.0 Å². The Morgan fingerprint density at radius 1 is 0.977 bits per heavy atom. The normalized spacial score (nSPS) is 14.5. The maximum Gasteiger partial charge on any atom is 0.416 e. The number of nitrogens with one attached hydrogen (secondary N) is 1. The lowest BCUT2D eigenvalue weighted by molar-refractivity contribution is -0.143. The Bertz CT molecular complexity index is 1600. The van der Waals surface area contributed by atoms with Gasteiger partial charge in [-0.2, -0.15) is 31.3 Å². The van der Waals surface area contributed by atoms with E-state index in [1.165, 1.54) is 31.4 Å². The second-order valence-electron chi connectivity index (χ2n) is 8.83. The Morgan fingerprint density at radius 2 is 1.74 bits per heavy atom. The summed E-state index contributed by atoms with van der Waals surface area (Å²) >= 11 is 1.04. The fraction of sp³-hybridized carbons (Fsp3) is 0.207. The molecule has 0 radical (unpaired) electrons. The van der Waals surface area contributed by atoms with Crippen molar-refractivity contribution in [3.63, 3.8) is 0 Å². The van der Waals surface area contributed by atoms with Gasteiger partial charge < -0.3 is 19.5 Å². The van der Waals surface area contributed by atoms with Gasteiger partial charge in [-0.1, -0.05) is 18.2 Å². The summed E-state index contributed by atoms with van der Waals surface area (Å²) in [5, 5.41) is 3.24. The van der Waals surface area contributed by atoms with Crippen LogP contribution in [-0.2, 0) is 28.5 Å². The number of aliphatic imine (C=N–C) groups is 1. The minimum Gasteiger partial charge on any atom is -0.493 e. The fourth-order valence-corrected chi connectivity index (χ4v) is 4.70. The summed E-state index contributed by atoms with van der Waals surface area (Å²) in [6.07, 6.45) is -8.46. The van der Waals surface area contributed by atoms with Crippen LogP contribution in [0.2, 0.25) is 0 Å². The molecule has 0 saturated heterocycles. The van der Waals surface area contributed by atoms with Crippen LogP contribution in [0.4, 0.5) is 32.0 Å². The van der Waals surface area contributed by atoms with E-state index in [1.807, 2.05) is 0 Å². The lowest BCUT2D eigenvalue weighted by atomic mass is 10.0. The molecule has 0 spiro atoms. The lowest BCUT2D eigenvalue weighted by Gasteiger charge is -2.17. The fourth-order valence-electron chi connectivity index (χ4n) is 3.87. The van der Waals surface area contributed by atoms with Crippen molar-refractivity contribution in [1.82, 2.24) is 0 Å². The largest absolute Gasteiger partial charge is 0.493 e. The highest BCUT2D eigenvalue weighted by Gasteiger charge is 2.38. The van der Waals surface area contributed by atoms with Gasteiger partial charge in [0.15, 0.2) is 16.7 Å². The molecule has 0 atom stereocenters. The maximum atomic E-state index is 13.5. The number of carbonyl (C=O) groups is 2. The van der Waals surface area contributed by atoms with Gasteiger partial charge in [-0.05, 0) is 72.8 Å². The molecule has 1 aliphatic heterocycles. The SMILES string of the molecule is CCOC(=O)c1cccc(NC2=NC(=O)/C(=C\c3ccc(OCc4ccc(C(F)(F)F)cc4C(F)(F)F)c(OC)c3)S2)c1.